The Balaban J connectivity index is 1.89. The van der Waals surface area contributed by atoms with E-state index in [9.17, 15) is 4.79 Å². The summed E-state index contributed by atoms with van der Waals surface area (Å²) in [6.45, 7) is 8.89. The fourth-order valence-electron chi connectivity index (χ4n) is 4.15. The molecular weight excluding hydrogens is 362 g/mol. The van der Waals surface area contributed by atoms with Gasteiger partial charge in [-0.15, -0.1) is 0 Å². The van der Waals surface area contributed by atoms with Crippen LogP contribution in [0.2, 0.25) is 0 Å². The molecule has 29 heavy (non-hydrogen) atoms. The van der Waals surface area contributed by atoms with Gasteiger partial charge < -0.3 is 20.4 Å². The first-order chi connectivity index (χ1) is 14.0. The third-order valence-corrected chi connectivity index (χ3v) is 5.94. The molecule has 1 atom stereocenters. The van der Waals surface area contributed by atoms with E-state index in [-0.39, 0.29) is 5.91 Å². The van der Waals surface area contributed by atoms with Crippen molar-refractivity contribution in [2.45, 2.75) is 39.7 Å². The lowest BCUT2D eigenvalue weighted by atomic mass is 9.87. The first-order valence-corrected chi connectivity index (χ1v) is 11.0. The lowest BCUT2D eigenvalue weighted by Crippen LogP contribution is -2.40. The van der Waals surface area contributed by atoms with Crippen LogP contribution in [-0.4, -0.2) is 69.0 Å². The normalized spacial score (nSPS) is 17.3. The molecule has 1 aliphatic heterocycles. The van der Waals surface area contributed by atoms with E-state index in [1.807, 2.05) is 45.4 Å². The third kappa shape index (κ3) is 7.03. The Morgan fingerprint density at radius 1 is 1.28 bits per heavy atom. The molecule has 1 fully saturated rings. The Morgan fingerprint density at radius 3 is 2.69 bits per heavy atom. The summed E-state index contributed by atoms with van der Waals surface area (Å²) in [7, 11) is 5.85. The summed E-state index contributed by atoms with van der Waals surface area (Å²) >= 11 is 0. The highest BCUT2D eigenvalue weighted by molar-refractivity contribution is 5.94. The lowest BCUT2D eigenvalue weighted by molar-refractivity contribution is 0.0951. The highest BCUT2D eigenvalue weighted by atomic mass is 16.1. The summed E-state index contributed by atoms with van der Waals surface area (Å²) in [6.07, 6.45) is 3.75. The first-order valence-electron chi connectivity index (χ1n) is 11.0. The lowest BCUT2D eigenvalue weighted by Gasteiger charge is -2.24. The van der Waals surface area contributed by atoms with Gasteiger partial charge in [0.2, 0.25) is 0 Å². The smallest absolute Gasteiger partial charge is 0.251 e. The van der Waals surface area contributed by atoms with Crippen LogP contribution in [0.1, 0.15) is 49.0 Å². The van der Waals surface area contributed by atoms with Gasteiger partial charge in [0, 0.05) is 45.3 Å². The first kappa shape index (κ1) is 23.2. The maximum Gasteiger partial charge on any atom is 0.251 e. The van der Waals surface area contributed by atoms with Crippen LogP contribution in [-0.2, 0) is 6.54 Å². The predicted molar refractivity (Wildman–Crippen MR) is 121 cm³/mol. The zero-order valence-electron chi connectivity index (χ0n) is 18.9. The van der Waals surface area contributed by atoms with Crippen molar-refractivity contribution in [3.8, 4) is 0 Å². The van der Waals surface area contributed by atoms with Crippen LogP contribution >= 0.6 is 0 Å². The minimum Gasteiger partial charge on any atom is -0.352 e. The number of carbonyl (C=O) groups excluding carboxylic acids is 1. The fraction of sp³-hybridized carbons (Fsp3) is 0.652. The summed E-state index contributed by atoms with van der Waals surface area (Å²) in [6, 6.07) is 7.82. The van der Waals surface area contributed by atoms with E-state index < -0.39 is 0 Å². The molecule has 0 bridgehead atoms. The largest absolute Gasteiger partial charge is 0.352 e. The number of rotatable bonds is 9. The second-order valence-electron chi connectivity index (χ2n) is 8.23. The number of nitrogens with one attached hydrogen (secondary N) is 2. The molecule has 1 amide bonds. The van der Waals surface area contributed by atoms with Crippen LogP contribution in [0.3, 0.4) is 0 Å². The van der Waals surface area contributed by atoms with E-state index in [2.05, 4.69) is 39.3 Å². The maximum atomic E-state index is 12.4. The zero-order valence-corrected chi connectivity index (χ0v) is 18.9. The van der Waals surface area contributed by atoms with Crippen molar-refractivity contribution >= 4 is 11.9 Å². The number of hydrogen-bond donors (Lipinski definition) is 2. The van der Waals surface area contributed by atoms with Gasteiger partial charge in [-0.2, -0.15) is 0 Å². The molecule has 2 rings (SSSR count). The summed E-state index contributed by atoms with van der Waals surface area (Å²) in [4.78, 5) is 21.3. The quantitative estimate of drug-likeness (QED) is 0.493. The summed E-state index contributed by atoms with van der Waals surface area (Å²) in [5.41, 5.74) is 1.79. The number of benzene rings is 1. The van der Waals surface area contributed by atoms with Crippen molar-refractivity contribution in [1.29, 1.82) is 0 Å². The van der Waals surface area contributed by atoms with E-state index in [1.54, 1.807) is 0 Å². The standard InChI is InChI=1S/C23H39N5O/c1-6-19(7-2)21-11-13-28(17-21)23(24-3)26-16-18-9-8-10-20(15-18)22(29)25-12-14-27(4)5/h8-10,15,19,21H,6-7,11-14,16-17H2,1-5H3,(H,24,26)(H,25,29). The number of aliphatic imine (C=N–C) groups is 1. The molecule has 162 valence electrons. The molecule has 6 heteroatoms. The van der Waals surface area contributed by atoms with Crippen LogP contribution < -0.4 is 10.6 Å². The Hall–Kier alpha value is -2.08. The monoisotopic (exact) mass is 401 g/mol. The van der Waals surface area contributed by atoms with Gasteiger partial charge in [0.05, 0.1) is 0 Å². The number of nitrogens with zero attached hydrogens (tertiary/aromatic N) is 3. The van der Waals surface area contributed by atoms with Crippen molar-refractivity contribution in [3.05, 3.63) is 35.4 Å². The van der Waals surface area contributed by atoms with Gasteiger partial charge in [-0.05, 0) is 50.0 Å². The Labute approximate surface area is 176 Å². The van der Waals surface area contributed by atoms with Gasteiger partial charge in [-0.1, -0.05) is 38.8 Å². The molecule has 1 saturated heterocycles. The molecule has 0 radical (unpaired) electrons. The molecule has 2 N–H and O–H groups in total. The number of carbonyl (C=O) groups is 1. The number of likely N-dealkylation sites (N-methyl/N-ethyl adjacent to an activating group) is 1. The van der Waals surface area contributed by atoms with Gasteiger partial charge in [0.1, 0.15) is 0 Å². The van der Waals surface area contributed by atoms with Crippen LogP contribution in [0.5, 0.6) is 0 Å². The second kappa shape index (κ2) is 11.8. The molecular formula is C23H39N5O. The van der Waals surface area contributed by atoms with E-state index >= 15 is 0 Å². The van der Waals surface area contributed by atoms with E-state index in [0.29, 0.717) is 18.7 Å². The van der Waals surface area contributed by atoms with Crippen LogP contribution in [0, 0.1) is 11.8 Å². The maximum absolute atomic E-state index is 12.4. The van der Waals surface area contributed by atoms with Gasteiger partial charge in [0.25, 0.3) is 5.91 Å². The van der Waals surface area contributed by atoms with Crippen LogP contribution in [0.15, 0.2) is 29.3 Å². The van der Waals surface area contributed by atoms with Crippen molar-refractivity contribution in [3.63, 3.8) is 0 Å². The average molecular weight is 402 g/mol. The molecule has 0 spiro atoms. The van der Waals surface area contributed by atoms with Gasteiger partial charge in [0.15, 0.2) is 5.96 Å². The van der Waals surface area contributed by atoms with Gasteiger partial charge >= 0.3 is 0 Å². The molecule has 1 aromatic rings. The molecule has 0 aromatic heterocycles. The highest BCUT2D eigenvalue weighted by Gasteiger charge is 2.29. The molecule has 1 aliphatic rings. The topological polar surface area (TPSA) is 60.0 Å². The molecule has 0 saturated carbocycles. The molecule has 0 aliphatic carbocycles. The zero-order chi connectivity index (χ0) is 21.2. The highest BCUT2D eigenvalue weighted by Crippen LogP contribution is 2.28. The third-order valence-electron chi connectivity index (χ3n) is 5.94. The predicted octanol–water partition coefficient (Wildman–Crippen LogP) is 2.81. The fourth-order valence-corrected chi connectivity index (χ4v) is 4.15. The Bertz CT molecular complexity index is 669. The number of likely N-dealkylation sites (tertiary alicyclic amines) is 1. The Morgan fingerprint density at radius 2 is 2.03 bits per heavy atom. The van der Waals surface area contributed by atoms with Crippen molar-refractivity contribution < 1.29 is 4.79 Å². The number of hydrogen-bond acceptors (Lipinski definition) is 3. The van der Waals surface area contributed by atoms with E-state index in [0.717, 1.165) is 43.0 Å². The average Bonchev–Trinajstić information content (AvgIpc) is 3.19. The van der Waals surface area contributed by atoms with Crippen molar-refractivity contribution in [1.82, 2.24) is 20.4 Å². The Kier molecular flexibility index (Phi) is 9.45. The molecule has 1 unspecified atom stereocenters. The molecule has 6 nitrogen and oxygen atoms in total. The van der Waals surface area contributed by atoms with Gasteiger partial charge in [-0.3, -0.25) is 9.79 Å². The van der Waals surface area contributed by atoms with Crippen molar-refractivity contribution in [2.24, 2.45) is 16.8 Å². The summed E-state index contributed by atoms with van der Waals surface area (Å²) in [5, 5.41) is 6.46. The SMILES string of the molecule is CCC(CC)C1CCN(C(=NC)NCc2cccc(C(=O)NCCN(C)C)c2)C1. The molecule has 1 heterocycles. The van der Waals surface area contributed by atoms with Crippen LogP contribution in [0.25, 0.3) is 0 Å². The summed E-state index contributed by atoms with van der Waals surface area (Å²) in [5.74, 6) is 2.50. The minimum atomic E-state index is -0.0226. The number of guanidine groups is 1. The van der Waals surface area contributed by atoms with Crippen molar-refractivity contribution in [2.75, 3.05) is 47.3 Å². The van der Waals surface area contributed by atoms with Crippen LogP contribution in [0.4, 0.5) is 0 Å². The minimum absolute atomic E-state index is 0.0226. The molecule has 1 aromatic carbocycles. The van der Waals surface area contributed by atoms with E-state index in [4.69, 9.17) is 0 Å². The summed E-state index contributed by atoms with van der Waals surface area (Å²) < 4.78 is 0. The van der Waals surface area contributed by atoms with Gasteiger partial charge in [-0.25, -0.2) is 0 Å². The van der Waals surface area contributed by atoms with E-state index in [1.165, 1.54) is 19.3 Å². The second-order valence-corrected chi connectivity index (χ2v) is 8.23. The number of amides is 1.